The Kier molecular flexibility index (Phi) is 3.27. The molecule has 0 saturated carbocycles. The lowest BCUT2D eigenvalue weighted by Gasteiger charge is -2.08. The van der Waals surface area contributed by atoms with Crippen LogP contribution in [0.5, 0.6) is 0 Å². The maximum atomic E-state index is 11.8. The van der Waals surface area contributed by atoms with E-state index < -0.39 is 0 Å². The number of hydrogen-bond acceptors (Lipinski definition) is 2. The fraction of sp³-hybridized carbons (Fsp3) is 0.0833. The molecule has 0 atom stereocenters. The molecule has 4 heteroatoms. The number of thiophene rings is 1. The summed E-state index contributed by atoms with van der Waals surface area (Å²) in [7, 11) is 0. The number of carbonyl (C=O) groups excluding carboxylic acids is 1. The van der Waals surface area contributed by atoms with Crippen LogP contribution in [0.4, 0.5) is 5.69 Å². The van der Waals surface area contributed by atoms with E-state index in [1.165, 1.54) is 11.3 Å². The van der Waals surface area contributed by atoms with Crippen molar-refractivity contribution in [2.24, 2.45) is 0 Å². The van der Waals surface area contributed by atoms with Gasteiger partial charge in [0, 0.05) is 10.7 Å². The van der Waals surface area contributed by atoms with Gasteiger partial charge in [-0.05, 0) is 36.1 Å². The maximum Gasteiger partial charge on any atom is 0.265 e. The first-order chi connectivity index (χ1) is 7.68. The Bertz CT molecular complexity index is 508. The van der Waals surface area contributed by atoms with Gasteiger partial charge in [-0.2, -0.15) is 0 Å². The quantitative estimate of drug-likeness (QED) is 0.860. The summed E-state index contributed by atoms with van der Waals surface area (Å²) in [5.41, 5.74) is 1.64. The van der Waals surface area contributed by atoms with Gasteiger partial charge < -0.3 is 5.32 Å². The Morgan fingerprint density at radius 1 is 1.31 bits per heavy atom. The molecule has 0 radical (unpaired) electrons. The standard InChI is InChI=1S/C12H10ClNOS/c1-8-9(13)4-2-5-10(8)14-12(15)11-6-3-7-16-11/h2-7H,1H3,(H,14,15). The van der Waals surface area contributed by atoms with Gasteiger partial charge in [0.05, 0.1) is 4.88 Å². The van der Waals surface area contributed by atoms with Gasteiger partial charge in [-0.3, -0.25) is 4.79 Å². The van der Waals surface area contributed by atoms with Crippen LogP contribution in [-0.2, 0) is 0 Å². The second-order valence-corrected chi connectivity index (χ2v) is 4.70. The third-order valence-corrected chi connectivity index (χ3v) is 3.54. The van der Waals surface area contributed by atoms with Crippen LogP contribution in [0, 0.1) is 6.92 Å². The highest BCUT2D eigenvalue weighted by molar-refractivity contribution is 7.12. The zero-order chi connectivity index (χ0) is 11.5. The van der Waals surface area contributed by atoms with Gasteiger partial charge in [0.25, 0.3) is 5.91 Å². The van der Waals surface area contributed by atoms with Gasteiger partial charge in [0.1, 0.15) is 0 Å². The number of rotatable bonds is 2. The molecule has 2 rings (SSSR count). The van der Waals surface area contributed by atoms with Crippen molar-refractivity contribution in [2.75, 3.05) is 5.32 Å². The van der Waals surface area contributed by atoms with Crippen molar-refractivity contribution < 1.29 is 4.79 Å². The molecule has 0 saturated heterocycles. The highest BCUT2D eigenvalue weighted by Gasteiger charge is 2.09. The largest absolute Gasteiger partial charge is 0.321 e. The number of benzene rings is 1. The molecule has 0 bridgehead atoms. The highest BCUT2D eigenvalue weighted by atomic mass is 35.5. The molecule has 0 fully saturated rings. The smallest absolute Gasteiger partial charge is 0.265 e. The molecule has 1 aromatic heterocycles. The third kappa shape index (κ3) is 2.26. The minimum Gasteiger partial charge on any atom is -0.321 e. The normalized spacial score (nSPS) is 10.1. The lowest BCUT2D eigenvalue weighted by molar-refractivity contribution is 0.103. The number of hydrogen-bond donors (Lipinski definition) is 1. The Balaban J connectivity index is 2.22. The van der Waals surface area contributed by atoms with Crippen molar-refractivity contribution in [3.05, 3.63) is 51.2 Å². The maximum absolute atomic E-state index is 11.8. The molecule has 0 aliphatic carbocycles. The summed E-state index contributed by atoms with van der Waals surface area (Å²) in [5.74, 6) is -0.0969. The summed E-state index contributed by atoms with van der Waals surface area (Å²) >= 11 is 7.39. The van der Waals surface area contributed by atoms with Crippen LogP contribution in [0.2, 0.25) is 5.02 Å². The van der Waals surface area contributed by atoms with Gasteiger partial charge >= 0.3 is 0 Å². The molecule has 1 N–H and O–H groups in total. The SMILES string of the molecule is Cc1c(Cl)cccc1NC(=O)c1cccs1. The van der Waals surface area contributed by atoms with Crippen LogP contribution in [0.3, 0.4) is 0 Å². The molecule has 2 nitrogen and oxygen atoms in total. The number of carbonyl (C=O) groups is 1. The van der Waals surface area contributed by atoms with Crippen LogP contribution < -0.4 is 5.32 Å². The minimum absolute atomic E-state index is 0.0969. The van der Waals surface area contributed by atoms with E-state index in [1.807, 2.05) is 30.5 Å². The first kappa shape index (κ1) is 11.2. The van der Waals surface area contributed by atoms with E-state index in [2.05, 4.69) is 5.32 Å². The second-order valence-electron chi connectivity index (χ2n) is 3.34. The molecule has 82 valence electrons. The number of halogens is 1. The molecular weight excluding hydrogens is 242 g/mol. The average Bonchev–Trinajstić information content (AvgIpc) is 2.78. The molecule has 2 aromatic rings. The lowest BCUT2D eigenvalue weighted by atomic mass is 10.2. The fourth-order valence-electron chi connectivity index (χ4n) is 1.33. The zero-order valence-electron chi connectivity index (χ0n) is 8.66. The van der Waals surface area contributed by atoms with Gasteiger partial charge in [0.2, 0.25) is 0 Å². The van der Waals surface area contributed by atoms with Crippen molar-refractivity contribution in [2.45, 2.75) is 6.92 Å². The van der Waals surface area contributed by atoms with Gasteiger partial charge in [-0.25, -0.2) is 0 Å². The zero-order valence-corrected chi connectivity index (χ0v) is 10.2. The van der Waals surface area contributed by atoms with Crippen LogP contribution >= 0.6 is 22.9 Å². The summed E-state index contributed by atoms with van der Waals surface area (Å²) in [6.07, 6.45) is 0. The summed E-state index contributed by atoms with van der Waals surface area (Å²) in [4.78, 5) is 12.5. The van der Waals surface area contributed by atoms with E-state index in [0.29, 0.717) is 9.90 Å². The summed E-state index contributed by atoms with van der Waals surface area (Å²) in [6.45, 7) is 1.88. The van der Waals surface area contributed by atoms with Crippen molar-refractivity contribution >= 4 is 34.5 Å². The molecule has 1 aromatic carbocycles. The summed E-state index contributed by atoms with van der Waals surface area (Å²) in [5, 5.41) is 5.37. The highest BCUT2D eigenvalue weighted by Crippen LogP contribution is 2.23. The molecule has 0 aliphatic rings. The minimum atomic E-state index is -0.0969. The predicted octanol–water partition coefficient (Wildman–Crippen LogP) is 3.96. The summed E-state index contributed by atoms with van der Waals surface area (Å²) < 4.78 is 0. The van der Waals surface area contributed by atoms with Crippen LogP contribution in [0.15, 0.2) is 35.7 Å². The molecule has 0 unspecified atom stereocenters. The molecule has 1 heterocycles. The molecule has 16 heavy (non-hydrogen) atoms. The number of nitrogens with one attached hydrogen (secondary N) is 1. The van der Waals surface area contributed by atoms with Crippen LogP contribution in [0.25, 0.3) is 0 Å². The van der Waals surface area contributed by atoms with Crippen LogP contribution in [-0.4, -0.2) is 5.91 Å². The Morgan fingerprint density at radius 3 is 2.81 bits per heavy atom. The first-order valence-electron chi connectivity index (χ1n) is 4.78. The van der Waals surface area contributed by atoms with E-state index >= 15 is 0 Å². The van der Waals surface area contributed by atoms with Crippen molar-refractivity contribution in [3.8, 4) is 0 Å². The van der Waals surface area contributed by atoms with E-state index in [1.54, 1.807) is 12.1 Å². The molecule has 0 aliphatic heterocycles. The average molecular weight is 252 g/mol. The predicted molar refractivity (Wildman–Crippen MR) is 68.5 cm³/mol. The van der Waals surface area contributed by atoms with Gasteiger partial charge in [-0.1, -0.05) is 23.7 Å². The van der Waals surface area contributed by atoms with Gasteiger partial charge in [-0.15, -0.1) is 11.3 Å². The van der Waals surface area contributed by atoms with Gasteiger partial charge in [0.15, 0.2) is 0 Å². The Morgan fingerprint density at radius 2 is 2.12 bits per heavy atom. The van der Waals surface area contributed by atoms with Crippen LogP contribution in [0.1, 0.15) is 15.2 Å². The molecule has 0 spiro atoms. The topological polar surface area (TPSA) is 29.1 Å². The number of amides is 1. The van der Waals surface area contributed by atoms with Crippen molar-refractivity contribution in [1.82, 2.24) is 0 Å². The molecular formula is C12H10ClNOS. The number of anilines is 1. The van der Waals surface area contributed by atoms with E-state index in [9.17, 15) is 4.79 Å². The monoisotopic (exact) mass is 251 g/mol. The molecule has 1 amide bonds. The van der Waals surface area contributed by atoms with E-state index in [0.717, 1.165) is 11.3 Å². The Labute approximate surface area is 103 Å². The first-order valence-corrected chi connectivity index (χ1v) is 6.04. The van der Waals surface area contributed by atoms with Crippen molar-refractivity contribution in [1.29, 1.82) is 0 Å². The summed E-state index contributed by atoms with van der Waals surface area (Å²) in [6, 6.07) is 9.11. The van der Waals surface area contributed by atoms with E-state index in [4.69, 9.17) is 11.6 Å². The van der Waals surface area contributed by atoms with E-state index in [-0.39, 0.29) is 5.91 Å². The Hall–Kier alpha value is -1.32. The second kappa shape index (κ2) is 4.68. The third-order valence-electron chi connectivity index (χ3n) is 2.26. The lowest BCUT2D eigenvalue weighted by Crippen LogP contribution is -2.11. The fourth-order valence-corrected chi connectivity index (χ4v) is 2.13. The van der Waals surface area contributed by atoms with Crippen molar-refractivity contribution in [3.63, 3.8) is 0 Å².